The summed E-state index contributed by atoms with van der Waals surface area (Å²) in [6.45, 7) is 4.37. The van der Waals surface area contributed by atoms with Gasteiger partial charge in [0.15, 0.2) is 5.78 Å². The highest BCUT2D eigenvalue weighted by atomic mass is 16.1. The van der Waals surface area contributed by atoms with Gasteiger partial charge < -0.3 is 5.32 Å². The van der Waals surface area contributed by atoms with Crippen LogP contribution in [0.3, 0.4) is 0 Å². The van der Waals surface area contributed by atoms with Crippen LogP contribution >= 0.6 is 0 Å². The van der Waals surface area contributed by atoms with Crippen molar-refractivity contribution in [2.45, 2.75) is 13.8 Å². The van der Waals surface area contributed by atoms with E-state index >= 15 is 0 Å². The van der Waals surface area contributed by atoms with Gasteiger partial charge in [0.1, 0.15) is 0 Å². The van der Waals surface area contributed by atoms with Crippen LogP contribution in [0.15, 0.2) is 78.5 Å². The third-order valence-corrected chi connectivity index (χ3v) is 3.97. The van der Waals surface area contributed by atoms with Gasteiger partial charge >= 0.3 is 0 Å². The quantitative estimate of drug-likeness (QED) is 0.396. The maximum Gasteiger partial charge on any atom is 0.181 e. The Hall–Kier alpha value is -2.87. The molecule has 3 rings (SSSR count). The van der Waals surface area contributed by atoms with Crippen LogP contribution in [0.5, 0.6) is 0 Å². The second-order valence-electron chi connectivity index (χ2n) is 6.13. The number of fused-ring (bicyclic) bond motifs is 3. The van der Waals surface area contributed by atoms with Crippen molar-refractivity contribution in [3.63, 3.8) is 0 Å². The molecule has 0 aromatic heterocycles. The Labute approximate surface area is 142 Å². The van der Waals surface area contributed by atoms with Crippen LogP contribution in [0.2, 0.25) is 0 Å². The van der Waals surface area contributed by atoms with Crippen molar-refractivity contribution in [3.05, 3.63) is 84.1 Å². The van der Waals surface area contributed by atoms with E-state index in [2.05, 4.69) is 29.6 Å². The summed E-state index contributed by atoms with van der Waals surface area (Å²) in [6.07, 6.45) is 5.72. The lowest BCUT2D eigenvalue weighted by atomic mass is 9.99. The van der Waals surface area contributed by atoms with Gasteiger partial charge in [-0.05, 0) is 53.7 Å². The molecule has 2 nitrogen and oxygen atoms in total. The fourth-order valence-electron chi connectivity index (χ4n) is 2.75. The number of ketones is 1. The van der Waals surface area contributed by atoms with Gasteiger partial charge in [-0.1, -0.05) is 60.2 Å². The monoisotopic (exact) mass is 315 g/mol. The molecule has 0 radical (unpaired) electrons. The van der Waals surface area contributed by atoms with E-state index in [1.54, 1.807) is 6.20 Å². The van der Waals surface area contributed by atoms with E-state index in [1.165, 1.54) is 21.7 Å². The molecule has 0 saturated heterocycles. The lowest BCUT2D eigenvalue weighted by molar-refractivity contribution is 0.0995. The number of carbonyl (C=O) groups is 1. The normalized spacial score (nSPS) is 11.1. The minimum Gasteiger partial charge on any atom is -0.383 e. The van der Waals surface area contributed by atoms with Crippen LogP contribution in [-0.2, 0) is 0 Å². The Morgan fingerprint density at radius 2 is 1.71 bits per heavy atom. The van der Waals surface area contributed by atoms with Crippen molar-refractivity contribution in [3.8, 4) is 0 Å². The molecule has 0 saturated carbocycles. The first-order valence-electron chi connectivity index (χ1n) is 8.13. The van der Waals surface area contributed by atoms with Gasteiger partial charge in [-0.25, -0.2) is 0 Å². The third kappa shape index (κ3) is 3.54. The Bertz CT molecular complexity index is 947. The minimum absolute atomic E-state index is 0.0897. The molecule has 0 aliphatic carbocycles. The maximum absolute atomic E-state index is 12.3. The first-order valence-corrected chi connectivity index (χ1v) is 8.13. The number of rotatable bonds is 5. The molecule has 2 heteroatoms. The molecule has 0 spiro atoms. The molecule has 0 aliphatic rings. The van der Waals surface area contributed by atoms with Crippen LogP contribution in [0.1, 0.15) is 24.2 Å². The fraction of sp³-hybridized carbons (Fsp3) is 0.136. The summed E-state index contributed by atoms with van der Waals surface area (Å²) < 4.78 is 0. The van der Waals surface area contributed by atoms with E-state index in [9.17, 15) is 4.79 Å². The number of allylic oxidation sites excluding steroid dienone is 3. The number of hydrogen-bond donors (Lipinski definition) is 1. The van der Waals surface area contributed by atoms with Crippen LogP contribution < -0.4 is 5.32 Å². The molecular formula is C22H21NO. The summed E-state index contributed by atoms with van der Waals surface area (Å²) in [6, 6.07) is 18.4. The van der Waals surface area contributed by atoms with E-state index in [0.717, 1.165) is 10.9 Å². The summed E-state index contributed by atoms with van der Waals surface area (Å²) in [7, 11) is 0. The van der Waals surface area contributed by atoms with Gasteiger partial charge in [-0.3, -0.25) is 4.79 Å². The van der Waals surface area contributed by atoms with Gasteiger partial charge in [-0.15, -0.1) is 0 Å². The molecule has 0 atom stereocenters. The zero-order chi connectivity index (χ0) is 16.9. The first kappa shape index (κ1) is 16.0. The smallest absolute Gasteiger partial charge is 0.181 e. The molecule has 3 aromatic rings. The average molecular weight is 315 g/mol. The van der Waals surface area contributed by atoms with Crippen molar-refractivity contribution < 1.29 is 4.79 Å². The second-order valence-corrected chi connectivity index (χ2v) is 6.13. The summed E-state index contributed by atoms with van der Waals surface area (Å²) in [4.78, 5) is 12.3. The topological polar surface area (TPSA) is 29.1 Å². The van der Waals surface area contributed by atoms with E-state index in [0.29, 0.717) is 6.54 Å². The van der Waals surface area contributed by atoms with Gasteiger partial charge in [-0.2, -0.15) is 0 Å². The highest BCUT2D eigenvalue weighted by molar-refractivity contribution is 6.10. The zero-order valence-corrected chi connectivity index (χ0v) is 14.0. The van der Waals surface area contributed by atoms with E-state index in [-0.39, 0.29) is 5.78 Å². The number of Topliss-reactive ketones (excluding diaryl/α,β-unsaturated/α-hetero) is 1. The van der Waals surface area contributed by atoms with Gasteiger partial charge in [0, 0.05) is 5.56 Å². The first-order chi connectivity index (χ1) is 11.6. The van der Waals surface area contributed by atoms with E-state index in [1.807, 2.05) is 56.3 Å². The van der Waals surface area contributed by atoms with Crippen LogP contribution in [0.25, 0.3) is 21.5 Å². The molecule has 0 aliphatic heterocycles. The average Bonchev–Trinajstić information content (AvgIpc) is 2.60. The van der Waals surface area contributed by atoms with Gasteiger partial charge in [0.05, 0.1) is 6.54 Å². The highest BCUT2D eigenvalue weighted by Crippen LogP contribution is 2.26. The number of nitrogens with one attached hydrogen (secondary N) is 1. The summed E-state index contributed by atoms with van der Waals surface area (Å²) in [5.74, 6) is 0.0897. The van der Waals surface area contributed by atoms with Crippen molar-refractivity contribution in [1.29, 1.82) is 0 Å². The fourth-order valence-corrected chi connectivity index (χ4v) is 2.75. The molecule has 0 amide bonds. The summed E-state index contributed by atoms with van der Waals surface area (Å²) in [5, 5.41) is 7.76. The predicted octanol–water partition coefficient (Wildman–Crippen LogP) is 5.25. The van der Waals surface area contributed by atoms with Gasteiger partial charge in [0.25, 0.3) is 0 Å². The third-order valence-electron chi connectivity index (χ3n) is 3.97. The lowest BCUT2D eigenvalue weighted by Gasteiger charge is -2.06. The molecule has 1 N–H and O–H groups in total. The molecule has 0 bridgehead atoms. The predicted molar refractivity (Wildman–Crippen MR) is 102 cm³/mol. The largest absolute Gasteiger partial charge is 0.383 e. The SMILES string of the molecule is CC(C)=C/C=C\NCC(=O)c1ccc2c(ccc3ccccc32)c1. The molecular weight excluding hydrogens is 294 g/mol. The standard InChI is InChI=1S/C22H21NO/c1-16(2)6-5-13-23-15-22(24)19-11-12-21-18(14-19)10-9-17-7-3-4-8-20(17)21/h3-14,23H,15H2,1-2H3/b13-5-. The second kappa shape index (κ2) is 7.14. The molecule has 0 heterocycles. The van der Waals surface area contributed by atoms with Crippen molar-refractivity contribution >= 4 is 27.3 Å². The van der Waals surface area contributed by atoms with Crippen molar-refractivity contribution in [2.24, 2.45) is 0 Å². The molecule has 3 aromatic carbocycles. The lowest BCUT2D eigenvalue weighted by Crippen LogP contribution is -2.17. The zero-order valence-electron chi connectivity index (χ0n) is 14.0. The highest BCUT2D eigenvalue weighted by Gasteiger charge is 2.07. The number of carbonyl (C=O) groups excluding carboxylic acids is 1. The van der Waals surface area contributed by atoms with Crippen LogP contribution in [-0.4, -0.2) is 12.3 Å². The van der Waals surface area contributed by atoms with E-state index in [4.69, 9.17) is 0 Å². The summed E-state index contributed by atoms with van der Waals surface area (Å²) >= 11 is 0. The van der Waals surface area contributed by atoms with Crippen LogP contribution in [0, 0.1) is 0 Å². The Kier molecular flexibility index (Phi) is 4.76. The Balaban J connectivity index is 1.80. The van der Waals surface area contributed by atoms with Crippen molar-refractivity contribution in [1.82, 2.24) is 5.32 Å². The minimum atomic E-state index is 0.0897. The molecule has 120 valence electrons. The molecule has 0 unspecified atom stereocenters. The summed E-state index contributed by atoms with van der Waals surface area (Å²) in [5.41, 5.74) is 1.96. The maximum atomic E-state index is 12.3. The van der Waals surface area contributed by atoms with E-state index < -0.39 is 0 Å². The van der Waals surface area contributed by atoms with Crippen LogP contribution in [0.4, 0.5) is 0 Å². The van der Waals surface area contributed by atoms with Crippen molar-refractivity contribution in [2.75, 3.05) is 6.54 Å². The number of benzene rings is 3. The molecule has 0 fully saturated rings. The molecule has 24 heavy (non-hydrogen) atoms. The number of hydrogen-bond acceptors (Lipinski definition) is 2. The Morgan fingerprint density at radius 3 is 2.54 bits per heavy atom. The van der Waals surface area contributed by atoms with Gasteiger partial charge in [0.2, 0.25) is 0 Å². The Morgan fingerprint density at radius 1 is 0.958 bits per heavy atom.